The fourth-order valence-corrected chi connectivity index (χ4v) is 3.07. The van der Waals surface area contributed by atoms with E-state index in [1.807, 2.05) is 0 Å². The predicted molar refractivity (Wildman–Crippen MR) is 72.4 cm³/mol. The van der Waals surface area contributed by atoms with E-state index >= 15 is 0 Å². The van der Waals surface area contributed by atoms with Crippen molar-refractivity contribution in [3.05, 3.63) is 34.9 Å². The molecule has 0 bridgehead atoms. The number of amides is 1. The van der Waals surface area contributed by atoms with Crippen LogP contribution in [0.15, 0.2) is 24.3 Å². The molecule has 1 aromatic carbocycles. The Morgan fingerprint density at radius 2 is 1.67 bits per heavy atom. The first-order valence-corrected chi connectivity index (χ1v) is 7.69. The topological polar surface area (TPSA) is 54.5 Å². The van der Waals surface area contributed by atoms with Gasteiger partial charge in [-0.25, -0.2) is 8.42 Å². The number of halogens is 1. The molecule has 0 aliphatic rings. The average Bonchev–Trinajstić information content (AvgIpc) is 2.33. The molecule has 0 fully saturated rings. The number of hydrogen-bond donors (Lipinski definition) is 0. The Bertz CT molecular complexity index is 507. The quantitative estimate of drug-likeness (QED) is 0.856. The first kappa shape index (κ1) is 15.0. The molecule has 0 aromatic heterocycles. The Labute approximate surface area is 112 Å². The van der Waals surface area contributed by atoms with Crippen molar-refractivity contribution in [2.45, 2.75) is 19.6 Å². The third-order valence-corrected chi connectivity index (χ3v) is 4.31. The van der Waals surface area contributed by atoms with Crippen molar-refractivity contribution in [2.75, 3.05) is 13.1 Å². The predicted octanol–water partition coefficient (Wildman–Crippen LogP) is 2.72. The van der Waals surface area contributed by atoms with Crippen molar-refractivity contribution in [1.29, 1.82) is 0 Å². The number of sulfone groups is 1. The second kappa shape index (κ2) is 6.20. The summed E-state index contributed by atoms with van der Waals surface area (Å²) in [5, 5.41) is -0.284. The van der Waals surface area contributed by atoms with Gasteiger partial charge in [0.05, 0.1) is 5.75 Å². The second-order valence-electron chi connectivity index (χ2n) is 3.82. The fourth-order valence-electron chi connectivity index (χ4n) is 1.54. The molecule has 18 heavy (non-hydrogen) atoms. The van der Waals surface area contributed by atoms with Crippen LogP contribution in [0.4, 0.5) is 4.79 Å². The average molecular weight is 290 g/mol. The number of hydrogen-bond acceptors (Lipinski definition) is 3. The monoisotopic (exact) mass is 289 g/mol. The van der Waals surface area contributed by atoms with Crippen LogP contribution in [0.5, 0.6) is 0 Å². The van der Waals surface area contributed by atoms with Crippen LogP contribution in [0.25, 0.3) is 0 Å². The highest BCUT2D eigenvalue weighted by Gasteiger charge is 2.26. The zero-order valence-electron chi connectivity index (χ0n) is 10.4. The van der Waals surface area contributed by atoms with Crippen LogP contribution in [0.3, 0.4) is 0 Å². The molecule has 4 nitrogen and oxygen atoms in total. The first-order valence-electron chi connectivity index (χ1n) is 5.66. The fraction of sp³-hybridized carbons (Fsp3) is 0.417. The number of carbonyl (C=O) groups excluding carboxylic acids is 1. The van der Waals surface area contributed by atoms with Crippen LogP contribution in [0, 0.1) is 0 Å². The van der Waals surface area contributed by atoms with Gasteiger partial charge in [0.2, 0.25) is 9.84 Å². The number of benzene rings is 1. The molecule has 0 atom stereocenters. The van der Waals surface area contributed by atoms with Gasteiger partial charge in [0, 0.05) is 18.1 Å². The molecule has 0 heterocycles. The van der Waals surface area contributed by atoms with Gasteiger partial charge < -0.3 is 4.90 Å². The van der Waals surface area contributed by atoms with E-state index in [-0.39, 0.29) is 5.75 Å². The molecule has 0 aliphatic carbocycles. The van der Waals surface area contributed by atoms with Gasteiger partial charge in [-0.15, -0.1) is 0 Å². The molecule has 0 N–H and O–H groups in total. The van der Waals surface area contributed by atoms with Crippen LogP contribution in [0.2, 0.25) is 5.02 Å². The Balaban J connectivity index is 2.88. The molecule has 1 rings (SSSR count). The maximum Gasteiger partial charge on any atom is 0.339 e. The summed E-state index contributed by atoms with van der Waals surface area (Å²) in [6, 6.07) is 6.42. The number of carbonyl (C=O) groups is 1. The lowest BCUT2D eigenvalue weighted by molar-refractivity contribution is 0.225. The van der Waals surface area contributed by atoms with Gasteiger partial charge in [0.25, 0.3) is 0 Å². The third kappa shape index (κ3) is 3.71. The van der Waals surface area contributed by atoms with E-state index in [0.717, 1.165) is 0 Å². The smallest absolute Gasteiger partial charge is 0.330 e. The molecule has 0 saturated heterocycles. The van der Waals surface area contributed by atoms with E-state index in [1.54, 1.807) is 38.1 Å². The Morgan fingerprint density at radius 3 is 2.11 bits per heavy atom. The van der Waals surface area contributed by atoms with E-state index < -0.39 is 15.1 Å². The van der Waals surface area contributed by atoms with Crippen molar-refractivity contribution in [1.82, 2.24) is 4.90 Å². The van der Waals surface area contributed by atoms with Gasteiger partial charge in [-0.05, 0) is 31.5 Å². The van der Waals surface area contributed by atoms with Crippen LogP contribution in [-0.4, -0.2) is 31.6 Å². The summed E-state index contributed by atoms with van der Waals surface area (Å²) in [4.78, 5) is 13.1. The van der Waals surface area contributed by atoms with Crippen LogP contribution in [-0.2, 0) is 15.6 Å². The minimum absolute atomic E-state index is 0.292. The lowest BCUT2D eigenvalue weighted by atomic mass is 10.2. The van der Waals surface area contributed by atoms with E-state index in [4.69, 9.17) is 11.6 Å². The molecule has 0 unspecified atom stereocenters. The van der Waals surface area contributed by atoms with Gasteiger partial charge in [0.15, 0.2) is 0 Å². The van der Waals surface area contributed by atoms with Crippen molar-refractivity contribution >= 4 is 26.7 Å². The summed E-state index contributed by atoms with van der Waals surface area (Å²) in [5.41, 5.74) is 0.555. The summed E-state index contributed by atoms with van der Waals surface area (Å²) in [5.74, 6) is -0.292. The summed E-state index contributed by atoms with van der Waals surface area (Å²) in [6.45, 7) is 4.27. The molecule has 0 radical (unpaired) electrons. The molecular formula is C12H16ClNO3S. The molecule has 1 aromatic rings. The normalized spacial score (nSPS) is 11.3. The van der Waals surface area contributed by atoms with Gasteiger partial charge >= 0.3 is 5.24 Å². The van der Waals surface area contributed by atoms with Crippen LogP contribution in [0.1, 0.15) is 19.4 Å². The van der Waals surface area contributed by atoms with E-state index in [1.165, 1.54) is 4.90 Å². The first-order chi connectivity index (χ1) is 8.40. The van der Waals surface area contributed by atoms with Gasteiger partial charge in [-0.2, -0.15) is 0 Å². The van der Waals surface area contributed by atoms with Gasteiger partial charge in [-0.3, -0.25) is 4.79 Å². The lowest BCUT2D eigenvalue weighted by Crippen LogP contribution is -2.35. The number of nitrogens with zero attached hydrogens (tertiary/aromatic N) is 1. The van der Waals surface area contributed by atoms with E-state index in [2.05, 4.69) is 0 Å². The molecule has 1 amide bonds. The molecule has 0 saturated carbocycles. The van der Waals surface area contributed by atoms with Gasteiger partial charge in [-0.1, -0.05) is 23.7 Å². The van der Waals surface area contributed by atoms with Crippen molar-refractivity contribution in [3.8, 4) is 0 Å². The standard InChI is InChI=1S/C12H16ClNO3S/c1-3-14(4-2)12(15)18(16,17)9-10-5-7-11(13)8-6-10/h5-8H,3-4,9H2,1-2H3. The van der Waals surface area contributed by atoms with Crippen molar-refractivity contribution in [2.24, 2.45) is 0 Å². The van der Waals surface area contributed by atoms with E-state index in [9.17, 15) is 13.2 Å². The third-order valence-electron chi connectivity index (χ3n) is 2.56. The molecule has 6 heteroatoms. The molecular weight excluding hydrogens is 274 g/mol. The molecule has 0 aliphatic heterocycles. The zero-order chi connectivity index (χ0) is 13.8. The summed E-state index contributed by atoms with van der Waals surface area (Å²) in [6.07, 6.45) is 0. The Morgan fingerprint density at radius 1 is 1.17 bits per heavy atom. The van der Waals surface area contributed by atoms with E-state index in [0.29, 0.717) is 23.7 Å². The molecule has 0 spiro atoms. The van der Waals surface area contributed by atoms with Crippen molar-refractivity contribution in [3.63, 3.8) is 0 Å². The number of rotatable bonds is 4. The Hall–Kier alpha value is -1.07. The molecule has 100 valence electrons. The minimum Gasteiger partial charge on any atom is -0.330 e. The summed E-state index contributed by atoms with van der Waals surface area (Å²) >= 11 is 5.72. The van der Waals surface area contributed by atoms with Crippen LogP contribution < -0.4 is 0 Å². The lowest BCUT2D eigenvalue weighted by Gasteiger charge is -2.18. The maximum atomic E-state index is 11.9. The highest BCUT2D eigenvalue weighted by atomic mass is 35.5. The zero-order valence-corrected chi connectivity index (χ0v) is 12.0. The van der Waals surface area contributed by atoms with Crippen LogP contribution >= 0.6 is 11.6 Å². The van der Waals surface area contributed by atoms with Gasteiger partial charge in [0.1, 0.15) is 0 Å². The highest BCUT2D eigenvalue weighted by molar-refractivity contribution is 8.05. The summed E-state index contributed by atoms with van der Waals surface area (Å²) in [7, 11) is -3.81. The second-order valence-corrected chi connectivity index (χ2v) is 6.13. The maximum absolute atomic E-state index is 11.9. The largest absolute Gasteiger partial charge is 0.339 e. The Kier molecular flexibility index (Phi) is 5.16. The summed E-state index contributed by atoms with van der Waals surface area (Å²) < 4.78 is 23.8. The van der Waals surface area contributed by atoms with Crippen molar-refractivity contribution < 1.29 is 13.2 Å². The SMILES string of the molecule is CCN(CC)C(=O)S(=O)(=O)Cc1ccc(Cl)cc1. The highest BCUT2D eigenvalue weighted by Crippen LogP contribution is 2.14. The minimum atomic E-state index is -3.81.